The van der Waals surface area contributed by atoms with Crippen molar-refractivity contribution in [1.29, 1.82) is 0 Å². The van der Waals surface area contributed by atoms with Gasteiger partial charge in [0.25, 0.3) is 0 Å². The minimum atomic E-state index is 0.404. The number of nitrogens with zero attached hydrogens (tertiary/aromatic N) is 2. The van der Waals surface area contributed by atoms with Crippen LogP contribution in [0.4, 0.5) is 0 Å². The predicted octanol–water partition coefficient (Wildman–Crippen LogP) is 2.06. The van der Waals surface area contributed by atoms with Gasteiger partial charge in [0.1, 0.15) is 0 Å². The summed E-state index contributed by atoms with van der Waals surface area (Å²) < 4.78 is 0. The fourth-order valence-corrected chi connectivity index (χ4v) is 3.13. The number of rotatable bonds is 3. The molecule has 1 aromatic rings. The van der Waals surface area contributed by atoms with E-state index < -0.39 is 0 Å². The van der Waals surface area contributed by atoms with Crippen molar-refractivity contribution in [1.82, 2.24) is 9.88 Å². The van der Waals surface area contributed by atoms with Crippen LogP contribution in [-0.4, -0.2) is 35.1 Å². The van der Waals surface area contributed by atoms with E-state index in [2.05, 4.69) is 29.1 Å². The van der Waals surface area contributed by atoms with E-state index in [1.165, 1.54) is 5.01 Å². The molecule has 1 saturated heterocycles. The summed E-state index contributed by atoms with van der Waals surface area (Å²) in [5.74, 6) is 0.539. The van der Waals surface area contributed by atoms with Crippen LogP contribution in [0.1, 0.15) is 37.6 Å². The Hall–Kier alpha value is -0.450. The Morgan fingerprint density at radius 2 is 2.50 bits per heavy atom. The van der Waals surface area contributed by atoms with Gasteiger partial charge in [-0.2, -0.15) is 0 Å². The smallest absolute Gasteiger partial charge is 0.0965 e. The van der Waals surface area contributed by atoms with Crippen molar-refractivity contribution in [2.75, 3.05) is 13.1 Å². The summed E-state index contributed by atoms with van der Waals surface area (Å²) >= 11 is 1.76. The lowest BCUT2D eigenvalue weighted by Gasteiger charge is -2.37. The minimum Gasteiger partial charge on any atom is -0.328 e. The molecule has 0 spiro atoms. The van der Waals surface area contributed by atoms with Crippen LogP contribution >= 0.6 is 11.3 Å². The number of hydrogen-bond acceptors (Lipinski definition) is 4. The standard InChI is InChI=1S/C12H21N3S/c1-9(12-14-4-6-16-12)8-15-5-3-11(13)7-10(15)2/h4,6,9-11H,3,5,7-8,13H2,1-2H3. The second-order valence-electron chi connectivity index (χ2n) is 4.90. The molecule has 2 heterocycles. The van der Waals surface area contributed by atoms with Gasteiger partial charge in [0.15, 0.2) is 0 Å². The molecule has 1 fully saturated rings. The monoisotopic (exact) mass is 239 g/mol. The topological polar surface area (TPSA) is 42.1 Å². The van der Waals surface area contributed by atoms with Crippen molar-refractivity contribution in [2.45, 2.75) is 44.7 Å². The van der Waals surface area contributed by atoms with Crippen LogP contribution in [-0.2, 0) is 0 Å². The van der Waals surface area contributed by atoms with E-state index in [-0.39, 0.29) is 0 Å². The molecular weight excluding hydrogens is 218 g/mol. The number of likely N-dealkylation sites (tertiary alicyclic amines) is 1. The van der Waals surface area contributed by atoms with Crippen molar-refractivity contribution in [3.05, 3.63) is 16.6 Å². The summed E-state index contributed by atoms with van der Waals surface area (Å²) in [5, 5.41) is 3.31. The second kappa shape index (κ2) is 5.25. The molecule has 4 heteroatoms. The Balaban J connectivity index is 1.89. The molecular formula is C12H21N3S. The zero-order chi connectivity index (χ0) is 11.5. The number of aromatic nitrogens is 1. The molecule has 3 unspecified atom stereocenters. The number of thiazole rings is 1. The van der Waals surface area contributed by atoms with Gasteiger partial charge < -0.3 is 5.73 Å². The van der Waals surface area contributed by atoms with Gasteiger partial charge in [0, 0.05) is 36.1 Å². The lowest BCUT2D eigenvalue weighted by atomic mass is 9.98. The fourth-order valence-electron chi connectivity index (χ4n) is 2.44. The second-order valence-corrected chi connectivity index (χ2v) is 5.83. The Kier molecular flexibility index (Phi) is 3.95. The third kappa shape index (κ3) is 2.81. The highest BCUT2D eigenvalue weighted by Gasteiger charge is 2.24. The molecule has 1 aliphatic rings. The van der Waals surface area contributed by atoms with Gasteiger partial charge in [-0.15, -0.1) is 11.3 Å². The van der Waals surface area contributed by atoms with Crippen LogP contribution in [0.3, 0.4) is 0 Å². The van der Waals surface area contributed by atoms with E-state index in [0.717, 1.165) is 25.9 Å². The lowest BCUT2D eigenvalue weighted by molar-refractivity contribution is 0.141. The first-order valence-electron chi connectivity index (χ1n) is 6.06. The minimum absolute atomic E-state index is 0.404. The van der Waals surface area contributed by atoms with Gasteiger partial charge in [-0.3, -0.25) is 4.90 Å². The van der Waals surface area contributed by atoms with Crippen molar-refractivity contribution in [3.63, 3.8) is 0 Å². The SMILES string of the molecule is CC(CN1CCC(N)CC1C)c1nccs1. The Labute approximate surface area is 102 Å². The van der Waals surface area contributed by atoms with E-state index in [4.69, 9.17) is 5.73 Å². The summed E-state index contributed by atoms with van der Waals surface area (Å²) in [5.41, 5.74) is 5.98. The molecule has 1 aliphatic heterocycles. The fraction of sp³-hybridized carbons (Fsp3) is 0.750. The normalized spacial score (nSPS) is 29.2. The largest absolute Gasteiger partial charge is 0.328 e. The van der Waals surface area contributed by atoms with Crippen molar-refractivity contribution in [3.8, 4) is 0 Å². The Bertz CT molecular complexity index is 312. The molecule has 0 radical (unpaired) electrons. The average molecular weight is 239 g/mol. The summed E-state index contributed by atoms with van der Waals surface area (Å²) in [6.07, 6.45) is 4.16. The van der Waals surface area contributed by atoms with Crippen LogP contribution < -0.4 is 5.73 Å². The average Bonchev–Trinajstić information content (AvgIpc) is 2.75. The molecule has 0 aromatic carbocycles. The molecule has 0 saturated carbocycles. The molecule has 3 atom stereocenters. The van der Waals surface area contributed by atoms with E-state index in [9.17, 15) is 0 Å². The summed E-state index contributed by atoms with van der Waals surface area (Å²) in [6.45, 7) is 6.80. The molecule has 3 nitrogen and oxygen atoms in total. The van der Waals surface area contributed by atoms with Crippen molar-refractivity contribution in [2.24, 2.45) is 5.73 Å². The van der Waals surface area contributed by atoms with Gasteiger partial charge in [-0.05, 0) is 26.3 Å². The highest BCUT2D eigenvalue weighted by molar-refractivity contribution is 7.09. The van der Waals surface area contributed by atoms with Crippen LogP contribution in [0.5, 0.6) is 0 Å². The highest BCUT2D eigenvalue weighted by atomic mass is 32.1. The van der Waals surface area contributed by atoms with Gasteiger partial charge >= 0.3 is 0 Å². The van der Waals surface area contributed by atoms with Gasteiger partial charge in [0.05, 0.1) is 5.01 Å². The van der Waals surface area contributed by atoms with Crippen molar-refractivity contribution < 1.29 is 0 Å². The molecule has 2 N–H and O–H groups in total. The first-order valence-corrected chi connectivity index (χ1v) is 6.93. The number of nitrogens with two attached hydrogens (primary N) is 1. The zero-order valence-corrected chi connectivity index (χ0v) is 10.9. The molecule has 90 valence electrons. The van der Waals surface area contributed by atoms with E-state index >= 15 is 0 Å². The molecule has 16 heavy (non-hydrogen) atoms. The predicted molar refractivity (Wildman–Crippen MR) is 68.8 cm³/mol. The Morgan fingerprint density at radius 3 is 3.12 bits per heavy atom. The zero-order valence-electron chi connectivity index (χ0n) is 10.1. The van der Waals surface area contributed by atoms with E-state index in [1.54, 1.807) is 11.3 Å². The molecule has 2 rings (SSSR count). The van der Waals surface area contributed by atoms with E-state index in [1.807, 2.05) is 6.20 Å². The summed E-state index contributed by atoms with van der Waals surface area (Å²) in [4.78, 5) is 6.94. The molecule has 0 amide bonds. The quantitative estimate of drug-likeness (QED) is 0.878. The van der Waals surface area contributed by atoms with E-state index in [0.29, 0.717) is 18.0 Å². The molecule has 0 bridgehead atoms. The molecule has 0 aliphatic carbocycles. The highest BCUT2D eigenvalue weighted by Crippen LogP contribution is 2.23. The van der Waals surface area contributed by atoms with Gasteiger partial charge in [-0.25, -0.2) is 4.98 Å². The lowest BCUT2D eigenvalue weighted by Crippen LogP contribution is -2.46. The maximum Gasteiger partial charge on any atom is 0.0965 e. The van der Waals surface area contributed by atoms with Gasteiger partial charge in [-0.1, -0.05) is 6.92 Å². The van der Waals surface area contributed by atoms with Gasteiger partial charge in [0.2, 0.25) is 0 Å². The number of hydrogen-bond donors (Lipinski definition) is 1. The number of piperidine rings is 1. The molecule has 1 aromatic heterocycles. The first-order chi connectivity index (χ1) is 7.66. The third-order valence-corrected chi connectivity index (χ3v) is 4.44. The Morgan fingerprint density at radius 1 is 1.69 bits per heavy atom. The van der Waals surface area contributed by atoms with Crippen LogP contribution in [0.15, 0.2) is 11.6 Å². The maximum absolute atomic E-state index is 5.98. The summed E-state index contributed by atoms with van der Waals surface area (Å²) in [7, 11) is 0. The van der Waals surface area contributed by atoms with Crippen molar-refractivity contribution >= 4 is 11.3 Å². The summed E-state index contributed by atoms with van der Waals surface area (Å²) in [6, 6.07) is 1.02. The first kappa shape index (κ1) is 12.0. The maximum atomic E-state index is 5.98. The third-order valence-electron chi connectivity index (χ3n) is 3.44. The van der Waals surface area contributed by atoms with Crippen LogP contribution in [0.2, 0.25) is 0 Å². The van der Waals surface area contributed by atoms with Crippen LogP contribution in [0, 0.1) is 0 Å². The van der Waals surface area contributed by atoms with Crippen LogP contribution in [0.25, 0.3) is 0 Å².